The first kappa shape index (κ1) is 19.5. The number of nitrogens with one attached hydrogen (secondary N) is 1. The lowest BCUT2D eigenvalue weighted by Gasteiger charge is -2.48. The molecule has 0 bridgehead atoms. The summed E-state index contributed by atoms with van der Waals surface area (Å²) in [6.45, 7) is 8.79. The first-order valence-corrected chi connectivity index (χ1v) is 11.4. The molecule has 1 fully saturated rings. The molecule has 0 amide bonds. The lowest BCUT2D eigenvalue weighted by molar-refractivity contribution is -0.119. The number of hydrogen-bond donors (Lipinski definition) is 1. The van der Waals surface area contributed by atoms with Gasteiger partial charge < -0.3 is 10.2 Å². The lowest BCUT2D eigenvalue weighted by atomic mass is 9.59. The Bertz CT molecular complexity index is 967. The van der Waals surface area contributed by atoms with Gasteiger partial charge in [-0.1, -0.05) is 32.9 Å². The number of anilines is 1. The van der Waals surface area contributed by atoms with Gasteiger partial charge in [-0.2, -0.15) is 10.2 Å². The van der Waals surface area contributed by atoms with E-state index in [0.29, 0.717) is 6.42 Å². The highest BCUT2D eigenvalue weighted by Gasteiger charge is 2.53. The number of ketones is 1. The van der Waals surface area contributed by atoms with Gasteiger partial charge in [0.1, 0.15) is 0 Å². The van der Waals surface area contributed by atoms with Crippen molar-refractivity contribution < 1.29 is 4.79 Å². The number of Topliss-reactive ketones (excluding diaryl/α,β-unsaturated/α-hetero) is 1. The maximum atomic E-state index is 13.6. The first-order valence-electron chi connectivity index (χ1n) is 11.4. The van der Waals surface area contributed by atoms with Crippen molar-refractivity contribution >= 4 is 11.5 Å². The summed E-state index contributed by atoms with van der Waals surface area (Å²) in [6.07, 6.45) is 7.85. The van der Waals surface area contributed by atoms with Crippen LogP contribution < -0.4 is 10.2 Å². The summed E-state index contributed by atoms with van der Waals surface area (Å²) >= 11 is 0. The molecule has 5 nitrogen and oxygen atoms in total. The highest BCUT2D eigenvalue weighted by atomic mass is 16.1. The molecule has 5 rings (SSSR count). The fraction of sp³-hybridized carbons (Fsp3) is 0.560. The van der Waals surface area contributed by atoms with Gasteiger partial charge in [0.25, 0.3) is 0 Å². The molecule has 1 aromatic carbocycles. The third-order valence-electron chi connectivity index (χ3n) is 7.37. The maximum absolute atomic E-state index is 13.6. The largest absolute Gasteiger partial charge is 0.372 e. The maximum Gasteiger partial charge on any atom is 0.164 e. The molecule has 1 N–H and O–H groups in total. The van der Waals surface area contributed by atoms with E-state index in [-0.39, 0.29) is 17.4 Å². The topological polar surface area (TPSA) is 57.1 Å². The van der Waals surface area contributed by atoms with Crippen molar-refractivity contribution in [3.63, 3.8) is 0 Å². The van der Waals surface area contributed by atoms with Crippen LogP contribution in [0.3, 0.4) is 0 Å². The quantitative estimate of drug-likeness (QED) is 0.749. The number of azo groups is 1. The SMILES string of the molecule is CCC1(c2cccc(N3CCCCC3)c2)C2=CN=NC2NC2=C1C(=O)CC(C)(C)C2. The second kappa shape index (κ2) is 7.07. The van der Waals surface area contributed by atoms with Crippen molar-refractivity contribution in [1.82, 2.24) is 5.32 Å². The molecule has 1 saturated heterocycles. The minimum Gasteiger partial charge on any atom is -0.372 e. The van der Waals surface area contributed by atoms with Crippen LogP contribution in [0, 0.1) is 5.41 Å². The molecule has 3 heterocycles. The van der Waals surface area contributed by atoms with Crippen LogP contribution in [0.4, 0.5) is 5.69 Å². The number of hydrogen-bond acceptors (Lipinski definition) is 5. The number of carbonyl (C=O) groups excluding carboxylic acids is 1. The molecular weight excluding hydrogens is 372 g/mol. The normalized spacial score (nSPS) is 30.0. The zero-order chi connectivity index (χ0) is 20.9. The van der Waals surface area contributed by atoms with Crippen molar-refractivity contribution in [2.45, 2.75) is 70.9 Å². The summed E-state index contributed by atoms with van der Waals surface area (Å²) in [5.41, 5.74) is 5.14. The molecule has 0 spiro atoms. The van der Waals surface area contributed by atoms with E-state index in [1.54, 1.807) is 0 Å². The summed E-state index contributed by atoms with van der Waals surface area (Å²) < 4.78 is 0. The predicted molar refractivity (Wildman–Crippen MR) is 119 cm³/mol. The van der Waals surface area contributed by atoms with Crippen LogP contribution in [0.15, 0.2) is 57.5 Å². The smallest absolute Gasteiger partial charge is 0.164 e. The van der Waals surface area contributed by atoms with Crippen molar-refractivity contribution in [3.8, 4) is 0 Å². The number of fused-ring (bicyclic) bond motifs is 1. The van der Waals surface area contributed by atoms with E-state index in [1.165, 1.54) is 30.5 Å². The monoisotopic (exact) mass is 404 g/mol. The summed E-state index contributed by atoms with van der Waals surface area (Å²) in [7, 11) is 0. The molecule has 2 atom stereocenters. The highest BCUT2D eigenvalue weighted by Crippen LogP contribution is 2.54. The fourth-order valence-electron chi connectivity index (χ4n) is 6.01. The Hall–Kier alpha value is -2.43. The highest BCUT2D eigenvalue weighted by molar-refractivity contribution is 6.01. The van der Waals surface area contributed by atoms with Crippen LogP contribution >= 0.6 is 0 Å². The van der Waals surface area contributed by atoms with Crippen molar-refractivity contribution in [3.05, 3.63) is 52.9 Å². The standard InChI is InChI=1S/C25H32N4O/c1-4-25(17-9-8-10-18(13-17)29-11-6-5-7-12-29)19-16-26-28-23(19)27-20-14-24(2,3)15-21(30)22(20)25/h8-10,13,16,23,27H,4-7,11-12,14-15H2,1-3H3. The Balaban J connectivity index is 1.68. The average molecular weight is 405 g/mol. The van der Waals surface area contributed by atoms with Gasteiger partial charge in [0.15, 0.2) is 11.9 Å². The van der Waals surface area contributed by atoms with Gasteiger partial charge in [-0.15, -0.1) is 0 Å². The Morgan fingerprint density at radius 1 is 1.17 bits per heavy atom. The molecule has 158 valence electrons. The zero-order valence-electron chi connectivity index (χ0n) is 18.4. The molecule has 0 saturated carbocycles. The van der Waals surface area contributed by atoms with Gasteiger partial charge in [0, 0.05) is 42.0 Å². The van der Waals surface area contributed by atoms with E-state index >= 15 is 0 Å². The molecular formula is C25H32N4O. The van der Waals surface area contributed by atoms with E-state index in [1.807, 2.05) is 6.20 Å². The van der Waals surface area contributed by atoms with Gasteiger partial charge in [0.05, 0.1) is 11.6 Å². The van der Waals surface area contributed by atoms with E-state index < -0.39 is 5.41 Å². The fourth-order valence-corrected chi connectivity index (χ4v) is 6.01. The summed E-state index contributed by atoms with van der Waals surface area (Å²) in [5.74, 6) is 0.269. The van der Waals surface area contributed by atoms with Gasteiger partial charge in [-0.05, 0) is 55.2 Å². The van der Waals surface area contributed by atoms with Gasteiger partial charge in [-0.3, -0.25) is 4.79 Å². The molecule has 0 radical (unpaired) electrons. The minimum atomic E-state index is -0.450. The van der Waals surface area contributed by atoms with Crippen LogP contribution in [0.1, 0.15) is 64.9 Å². The lowest BCUT2D eigenvalue weighted by Crippen LogP contribution is -2.51. The molecule has 1 aromatic rings. The zero-order valence-corrected chi connectivity index (χ0v) is 18.4. The molecule has 30 heavy (non-hydrogen) atoms. The third kappa shape index (κ3) is 2.93. The van der Waals surface area contributed by atoms with E-state index in [0.717, 1.165) is 42.8 Å². The van der Waals surface area contributed by atoms with E-state index in [4.69, 9.17) is 0 Å². The number of carbonyl (C=O) groups is 1. The second-order valence-electron chi connectivity index (χ2n) is 10.0. The predicted octanol–water partition coefficient (Wildman–Crippen LogP) is 5.25. The van der Waals surface area contributed by atoms with Crippen molar-refractivity contribution in [2.75, 3.05) is 18.0 Å². The molecule has 5 heteroatoms. The number of nitrogens with zero attached hydrogens (tertiary/aromatic N) is 3. The van der Waals surface area contributed by atoms with Gasteiger partial charge in [-0.25, -0.2) is 0 Å². The third-order valence-corrected chi connectivity index (χ3v) is 7.37. The number of benzene rings is 1. The van der Waals surface area contributed by atoms with Crippen LogP contribution in [-0.4, -0.2) is 25.0 Å². The second-order valence-corrected chi connectivity index (χ2v) is 10.0. The van der Waals surface area contributed by atoms with Gasteiger partial charge in [0.2, 0.25) is 0 Å². The Morgan fingerprint density at radius 3 is 2.73 bits per heavy atom. The number of allylic oxidation sites excluding steroid dienone is 2. The summed E-state index contributed by atoms with van der Waals surface area (Å²) in [4.78, 5) is 16.1. The molecule has 0 aromatic heterocycles. The number of piperidine rings is 1. The van der Waals surface area contributed by atoms with Gasteiger partial charge >= 0.3 is 0 Å². The molecule has 2 unspecified atom stereocenters. The minimum absolute atomic E-state index is 0.0327. The van der Waals surface area contributed by atoms with Crippen molar-refractivity contribution in [1.29, 1.82) is 0 Å². The van der Waals surface area contributed by atoms with Crippen LogP contribution in [0.2, 0.25) is 0 Å². The Labute approximate surface area is 179 Å². The van der Waals surface area contributed by atoms with E-state index in [2.05, 4.69) is 65.5 Å². The Kier molecular flexibility index (Phi) is 4.60. The Morgan fingerprint density at radius 2 is 1.97 bits per heavy atom. The van der Waals surface area contributed by atoms with Crippen LogP contribution in [-0.2, 0) is 10.2 Å². The molecule has 1 aliphatic carbocycles. The van der Waals surface area contributed by atoms with E-state index in [9.17, 15) is 4.79 Å². The molecule has 4 aliphatic rings. The summed E-state index contributed by atoms with van der Waals surface area (Å²) in [6, 6.07) is 8.91. The first-order chi connectivity index (χ1) is 14.4. The molecule has 3 aliphatic heterocycles. The average Bonchev–Trinajstić information content (AvgIpc) is 3.21. The summed E-state index contributed by atoms with van der Waals surface area (Å²) in [5, 5.41) is 12.3. The van der Waals surface area contributed by atoms with Crippen molar-refractivity contribution in [2.24, 2.45) is 15.6 Å². The number of rotatable bonds is 3. The van der Waals surface area contributed by atoms with Crippen LogP contribution in [0.5, 0.6) is 0 Å². The van der Waals surface area contributed by atoms with Crippen LogP contribution in [0.25, 0.3) is 0 Å².